The third kappa shape index (κ3) is 3.72. The average Bonchev–Trinajstić information content (AvgIpc) is 2.97. The number of hydrogen-bond donors (Lipinski definition) is 2. The minimum Gasteiger partial charge on any atom is -0.497 e. The van der Waals surface area contributed by atoms with Crippen molar-refractivity contribution in [2.24, 2.45) is 14.1 Å². The van der Waals surface area contributed by atoms with E-state index in [1.807, 2.05) is 24.3 Å². The predicted octanol–water partition coefficient (Wildman–Crippen LogP) is 3.52. The maximum absolute atomic E-state index is 12.8. The van der Waals surface area contributed by atoms with Gasteiger partial charge in [-0.3, -0.25) is 9.13 Å². The molecule has 0 unspecified atom stereocenters. The second-order valence-corrected chi connectivity index (χ2v) is 7.62. The lowest BCUT2D eigenvalue weighted by Gasteiger charge is -2.30. The van der Waals surface area contributed by atoms with E-state index in [-0.39, 0.29) is 11.7 Å². The summed E-state index contributed by atoms with van der Waals surface area (Å²) >= 11 is 0. The Labute approximate surface area is 175 Å². The average molecular weight is 409 g/mol. The predicted molar refractivity (Wildman–Crippen MR) is 120 cm³/mol. The summed E-state index contributed by atoms with van der Waals surface area (Å²) in [4.78, 5) is 27.4. The lowest BCUT2D eigenvalue weighted by Crippen LogP contribution is -2.31. The molecule has 0 aliphatic carbocycles. The first-order valence-corrected chi connectivity index (χ1v) is 10.1. The molecule has 8 nitrogen and oxygen atoms in total. The van der Waals surface area contributed by atoms with Crippen LogP contribution in [0, 0.1) is 0 Å². The summed E-state index contributed by atoms with van der Waals surface area (Å²) in [7, 11) is 5.10. The number of anilines is 3. The molecule has 1 saturated heterocycles. The molecule has 2 amide bonds. The Kier molecular flexibility index (Phi) is 5.39. The fourth-order valence-corrected chi connectivity index (χ4v) is 4.02. The van der Waals surface area contributed by atoms with Crippen molar-refractivity contribution in [1.29, 1.82) is 0 Å². The number of carbonyl (C=O) groups is 1. The summed E-state index contributed by atoms with van der Waals surface area (Å²) in [6, 6.07) is 10.7. The number of nitrogens with one attached hydrogen (secondary N) is 2. The number of methoxy groups -OCH3 is 1. The van der Waals surface area contributed by atoms with Crippen LogP contribution in [0.4, 0.5) is 21.9 Å². The van der Waals surface area contributed by atoms with Crippen LogP contribution in [0.3, 0.4) is 0 Å². The molecule has 0 spiro atoms. The topological polar surface area (TPSA) is 80.5 Å². The van der Waals surface area contributed by atoms with Crippen LogP contribution in [0.2, 0.25) is 0 Å². The van der Waals surface area contributed by atoms with Gasteiger partial charge in [-0.1, -0.05) is 6.07 Å². The van der Waals surface area contributed by atoms with Crippen LogP contribution in [-0.4, -0.2) is 35.4 Å². The number of piperidine rings is 1. The number of benzene rings is 2. The second-order valence-electron chi connectivity index (χ2n) is 7.62. The van der Waals surface area contributed by atoms with Crippen molar-refractivity contribution < 1.29 is 9.53 Å². The zero-order valence-electron chi connectivity index (χ0n) is 17.6. The molecule has 0 radical (unpaired) electrons. The molecule has 1 aliphatic heterocycles. The summed E-state index contributed by atoms with van der Waals surface area (Å²) in [5, 5.41) is 5.84. The van der Waals surface area contributed by atoms with Gasteiger partial charge in [0.15, 0.2) is 0 Å². The van der Waals surface area contributed by atoms with Gasteiger partial charge >= 0.3 is 11.7 Å². The highest BCUT2D eigenvalue weighted by Gasteiger charge is 2.20. The van der Waals surface area contributed by atoms with Gasteiger partial charge in [-0.05, 0) is 43.5 Å². The first-order valence-electron chi connectivity index (χ1n) is 10.1. The van der Waals surface area contributed by atoms with E-state index in [1.54, 1.807) is 42.5 Å². The van der Waals surface area contributed by atoms with Gasteiger partial charge in [-0.25, -0.2) is 9.59 Å². The largest absolute Gasteiger partial charge is 0.497 e. The number of fused-ring (bicyclic) bond motifs is 1. The Morgan fingerprint density at radius 1 is 0.967 bits per heavy atom. The fourth-order valence-electron chi connectivity index (χ4n) is 4.02. The third-order valence-corrected chi connectivity index (χ3v) is 5.66. The monoisotopic (exact) mass is 409 g/mol. The molecule has 1 fully saturated rings. The van der Waals surface area contributed by atoms with Crippen molar-refractivity contribution >= 4 is 34.1 Å². The van der Waals surface area contributed by atoms with Crippen LogP contribution >= 0.6 is 0 Å². The number of rotatable bonds is 4. The molecular weight excluding hydrogens is 382 g/mol. The normalized spacial score (nSPS) is 14.0. The Morgan fingerprint density at radius 2 is 1.67 bits per heavy atom. The van der Waals surface area contributed by atoms with Gasteiger partial charge in [0.2, 0.25) is 0 Å². The van der Waals surface area contributed by atoms with Gasteiger partial charge in [0.05, 0.1) is 29.5 Å². The summed E-state index contributed by atoms with van der Waals surface area (Å²) in [5.74, 6) is 0.669. The zero-order valence-corrected chi connectivity index (χ0v) is 17.6. The molecule has 158 valence electrons. The van der Waals surface area contributed by atoms with Crippen LogP contribution in [-0.2, 0) is 14.1 Å². The van der Waals surface area contributed by atoms with E-state index in [1.165, 1.54) is 6.42 Å². The van der Waals surface area contributed by atoms with E-state index in [2.05, 4.69) is 15.5 Å². The van der Waals surface area contributed by atoms with E-state index in [9.17, 15) is 9.59 Å². The number of hydrogen-bond acceptors (Lipinski definition) is 4. The first-order chi connectivity index (χ1) is 14.5. The Balaban J connectivity index is 1.69. The van der Waals surface area contributed by atoms with Crippen molar-refractivity contribution in [3.8, 4) is 5.75 Å². The minimum atomic E-state index is -0.346. The molecule has 1 aromatic heterocycles. The second kappa shape index (κ2) is 8.14. The van der Waals surface area contributed by atoms with Gasteiger partial charge in [-0.15, -0.1) is 0 Å². The van der Waals surface area contributed by atoms with Gasteiger partial charge in [0, 0.05) is 38.9 Å². The van der Waals surface area contributed by atoms with Gasteiger partial charge in [0.1, 0.15) is 5.75 Å². The number of imidazole rings is 1. The number of ether oxygens (including phenoxy) is 1. The molecule has 3 aromatic rings. The highest BCUT2D eigenvalue weighted by Crippen LogP contribution is 2.33. The molecule has 0 atom stereocenters. The zero-order chi connectivity index (χ0) is 21.3. The summed E-state index contributed by atoms with van der Waals surface area (Å²) in [6.07, 6.45) is 3.43. The molecule has 2 heterocycles. The first kappa shape index (κ1) is 19.9. The fraction of sp³-hybridized carbons (Fsp3) is 0.364. The van der Waals surface area contributed by atoms with Crippen molar-refractivity contribution in [1.82, 2.24) is 9.13 Å². The van der Waals surface area contributed by atoms with Crippen molar-refractivity contribution in [2.75, 3.05) is 35.7 Å². The molecule has 0 saturated carbocycles. The van der Waals surface area contributed by atoms with Gasteiger partial charge < -0.3 is 20.3 Å². The Bertz CT molecular complexity index is 1140. The lowest BCUT2D eigenvalue weighted by atomic mass is 10.1. The van der Waals surface area contributed by atoms with Crippen LogP contribution in [0.5, 0.6) is 5.75 Å². The van der Waals surface area contributed by atoms with E-state index >= 15 is 0 Å². The molecule has 4 rings (SSSR count). The molecule has 2 aromatic carbocycles. The Morgan fingerprint density at radius 3 is 2.37 bits per heavy atom. The van der Waals surface area contributed by atoms with E-state index < -0.39 is 0 Å². The lowest BCUT2D eigenvalue weighted by molar-refractivity contribution is 0.262. The number of nitrogens with zero attached hydrogens (tertiary/aromatic N) is 3. The maximum Gasteiger partial charge on any atom is 0.328 e. The smallest absolute Gasteiger partial charge is 0.328 e. The van der Waals surface area contributed by atoms with Gasteiger partial charge in [-0.2, -0.15) is 0 Å². The quantitative estimate of drug-likeness (QED) is 0.691. The molecule has 8 heteroatoms. The van der Waals surface area contributed by atoms with Crippen molar-refractivity contribution in [2.45, 2.75) is 19.3 Å². The number of amides is 2. The SMILES string of the molecule is COc1cccc(NC(=O)Nc2cc3c(cc2N2CCCCC2)n(C)c(=O)n3C)c1. The number of urea groups is 1. The summed E-state index contributed by atoms with van der Waals surface area (Å²) in [5.41, 5.74) is 3.80. The van der Waals surface area contributed by atoms with E-state index in [4.69, 9.17) is 4.74 Å². The maximum atomic E-state index is 12.8. The Hall–Kier alpha value is -3.42. The molecule has 30 heavy (non-hydrogen) atoms. The number of aryl methyl sites for hydroxylation is 2. The number of aromatic nitrogens is 2. The molecular formula is C22H27N5O3. The summed E-state index contributed by atoms with van der Waals surface area (Å²) < 4.78 is 8.45. The standard InChI is InChI=1S/C22H27N5O3/c1-25-19-13-17(24-21(28)23-15-8-7-9-16(12-15)30-3)18(27-10-5-4-6-11-27)14-20(19)26(2)22(25)29/h7-9,12-14H,4-6,10-11H2,1-3H3,(H2,23,24,28). The number of carbonyl (C=O) groups excluding carboxylic acids is 1. The van der Waals surface area contributed by atoms with Crippen molar-refractivity contribution in [3.05, 3.63) is 46.9 Å². The highest BCUT2D eigenvalue weighted by atomic mass is 16.5. The van der Waals surface area contributed by atoms with Crippen LogP contribution in [0.1, 0.15) is 19.3 Å². The van der Waals surface area contributed by atoms with Crippen LogP contribution in [0.25, 0.3) is 11.0 Å². The van der Waals surface area contributed by atoms with Crippen LogP contribution in [0.15, 0.2) is 41.2 Å². The molecule has 1 aliphatic rings. The van der Waals surface area contributed by atoms with Crippen molar-refractivity contribution in [3.63, 3.8) is 0 Å². The highest BCUT2D eigenvalue weighted by molar-refractivity contribution is 6.04. The van der Waals surface area contributed by atoms with Crippen LogP contribution < -0.4 is 26.0 Å². The third-order valence-electron chi connectivity index (χ3n) is 5.66. The molecule has 2 N–H and O–H groups in total. The van der Waals surface area contributed by atoms with E-state index in [0.717, 1.165) is 42.7 Å². The van der Waals surface area contributed by atoms with E-state index in [0.29, 0.717) is 17.1 Å². The minimum absolute atomic E-state index is 0.0902. The summed E-state index contributed by atoms with van der Waals surface area (Å²) in [6.45, 7) is 1.86. The van der Waals surface area contributed by atoms with Gasteiger partial charge in [0.25, 0.3) is 0 Å². The molecule has 0 bridgehead atoms.